The predicted molar refractivity (Wildman–Crippen MR) is 79.6 cm³/mol. The lowest BCUT2D eigenvalue weighted by atomic mass is 9.99. The Kier molecular flexibility index (Phi) is 4.44. The van der Waals surface area contributed by atoms with Crippen LogP contribution in [0.2, 0.25) is 0 Å². The summed E-state index contributed by atoms with van der Waals surface area (Å²) in [6.45, 7) is 6.19. The van der Waals surface area contributed by atoms with Crippen molar-refractivity contribution in [3.8, 4) is 0 Å². The third-order valence-electron chi connectivity index (χ3n) is 3.68. The Hall–Kier alpha value is -0.830. The molecule has 1 aromatic carbocycles. The summed E-state index contributed by atoms with van der Waals surface area (Å²) in [6, 6.07) is 3.96. The molecule has 0 saturated carbocycles. The minimum absolute atomic E-state index is 0.234. The molecule has 3 heteroatoms. The molecule has 1 aromatic rings. The molecule has 2 rings (SSSR count). The summed E-state index contributed by atoms with van der Waals surface area (Å²) in [4.78, 5) is 14.4. The van der Waals surface area contributed by atoms with E-state index in [0.29, 0.717) is 6.42 Å². The van der Waals surface area contributed by atoms with E-state index in [1.807, 2.05) is 19.1 Å². The van der Waals surface area contributed by atoms with E-state index in [4.69, 9.17) is 0 Å². The highest BCUT2D eigenvalue weighted by atomic mass is 79.9. The average Bonchev–Trinajstić information content (AvgIpc) is 2.39. The maximum atomic E-state index is 11.9. The Morgan fingerprint density at radius 3 is 2.56 bits per heavy atom. The summed E-state index contributed by atoms with van der Waals surface area (Å²) in [7, 11) is 0. The van der Waals surface area contributed by atoms with Crippen molar-refractivity contribution in [2.45, 2.75) is 39.5 Å². The van der Waals surface area contributed by atoms with Crippen molar-refractivity contribution in [1.29, 1.82) is 0 Å². The van der Waals surface area contributed by atoms with Gasteiger partial charge in [-0.3, -0.25) is 4.79 Å². The molecule has 98 valence electrons. The summed E-state index contributed by atoms with van der Waals surface area (Å²) in [5.74, 6) is 0.234. The monoisotopic (exact) mass is 309 g/mol. The maximum Gasteiger partial charge on any atom is 0.162 e. The number of carbonyl (C=O) groups excluding carboxylic acids is 1. The van der Waals surface area contributed by atoms with Crippen molar-refractivity contribution in [1.82, 2.24) is 0 Å². The molecule has 0 amide bonds. The fourth-order valence-corrected chi connectivity index (χ4v) is 3.35. The largest absolute Gasteiger partial charge is 0.370 e. The lowest BCUT2D eigenvalue weighted by Crippen LogP contribution is -2.30. The SMILES string of the molecule is CCC(=O)c1ccc(Br)c(N2CCCCC2)c1C. The normalized spacial score (nSPS) is 15.8. The quantitative estimate of drug-likeness (QED) is 0.774. The van der Waals surface area contributed by atoms with E-state index in [2.05, 4.69) is 27.8 Å². The molecule has 0 unspecified atom stereocenters. The highest BCUT2D eigenvalue weighted by molar-refractivity contribution is 9.10. The van der Waals surface area contributed by atoms with Gasteiger partial charge in [-0.15, -0.1) is 0 Å². The fraction of sp³-hybridized carbons (Fsp3) is 0.533. The number of carbonyl (C=O) groups is 1. The van der Waals surface area contributed by atoms with Gasteiger partial charge in [-0.2, -0.15) is 0 Å². The summed E-state index contributed by atoms with van der Waals surface area (Å²) < 4.78 is 1.11. The van der Waals surface area contributed by atoms with Crippen molar-refractivity contribution >= 4 is 27.4 Å². The second-order valence-corrected chi connectivity index (χ2v) is 5.75. The molecule has 0 bridgehead atoms. The van der Waals surface area contributed by atoms with Gasteiger partial charge in [0, 0.05) is 29.5 Å². The molecule has 0 radical (unpaired) electrons. The van der Waals surface area contributed by atoms with Crippen molar-refractivity contribution in [2.75, 3.05) is 18.0 Å². The molecule has 1 heterocycles. The molecule has 1 saturated heterocycles. The lowest BCUT2D eigenvalue weighted by molar-refractivity contribution is 0.0987. The van der Waals surface area contributed by atoms with Crippen LogP contribution in [0, 0.1) is 6.92 Å². The molecule has 1 aliphatic heterocycles. The third-order valence-corrected chi connectivity index (χ3v) is 4.32. The van der Waals surface area contributed by atoms with Crippen LogP contribution < -0.4 is 4.90 Å². The van der Waals surface area contributed by atoms with Gasteiger partial charge in [-0.25, -0.2) is 0 Å². The zero-order chi connectivity index (χ0) is 13.1. The Bertz CT molecular complexity index is 450. The Balaban J connectivity index is 2.41. The lowest BCUT2D eigenvalue weighted by Gasteiger charge is -2.31. The van der Waals surface area contributed by atoms with Crippen LogP contribution in [0.4, 0.5) is 5.69 Å². The summed E-state index contributed by atoms with van der Waals surface area (Å²) in [5, 5.41) is 0. The number of piperidine rings is 1. The van der Waals surface area contributed by atoms with Crippen LogP contribution in [0.1, 0.15) is 48.5 Å². The van der Waals surface area contributed by atoms with Crippen molar-refractivity contribution in [2.24, 2.45) is 0 Å². The predicted octanol–water partition coefficient (Wildman–Crippen LogP) is 4.34. The number of halogens is 1. The molecular weight excluding hydrogens is 290 g/mol. The number of hydrogen-bond donors (Lipinski definition) is 0. The third kappa shape index (κ3) is 2.61. The van der Waals surface area contributed by atoms with Gasteiger partial charge < -0.3 is 4.90 Å². The molecule has 0 spiro atoms. The second kappa shape index (κ2) is 5.87. The van der Waals surface area contributed by atoms with E-state index in [0.717, 1.165) is 28.7 Å². The first-order valence-electron chi connectivity index (χ1n) is 6.72. The van der Waals surface area contributed by atoms with Gasteiger partial charge in [-0.05, 0) is 59.8 Å². The van der Waals surface area contributed by atoms with E-state index >= 15 is 0 Å². The first-order valence-corrected chi connectivity index (χ1v) is 7.51. The number of hydrogen-bond acceptors (Lipinski definition) is 2. The number of anilines is 1. The molecule has 2 nitrogen and oxygen atoms in total. The van der Waals surface area contributed by atoms with Crippen LogP contribution in [0.3, 0.4) is 0 Å². The molecular formula is C15H20BrNO. The Morgan fingerprint density at radius 1 is 1.28 bits per heavy atom. The van der Waals surface area contributed by atoms with E-state index < -0.39 is 0 Å². The van der Waals surface area contributed by atoms with Gasteiger partial charge >= 0.3 is 0 Å². The Labute approximate surface area is 117 Å². The highest BCUT2D eigenvalue weighted by Gasteiger charge is 2.19. The highest BCUT2D eigenvalue weighted by Crippen LogP contribution is 2.34. The van der Waals surface area contributed by atoms with Crippen LogP contribution in [0.5, 0.6) is 0 Å². The van der Waals surface area contributed by atoms with Crippen molar-refractivity contribution in [3.05, 3.63) is 27.7 Å². The van der Waals surface area contributed by atoms with Gasteiger partial charge in [0.1, 0.15) is 0 Å². The molecule has 18 heavy (non-hydrogen) atoms. The summed E-state index contributed by atoms with van der Waals surface area (Å²) >= 11 is 3.63. The van der Waals surface area contributed by atoms with E-state index in [1.54, 1.807) is 0 Å². The number of nitrogens with zero attached hydrogens (tertiary/aromatic N) is 1. The van der Waals surface area contributed by atoms with Gasteiger partial charge in [0.2, 0.25) is 0 Å². The summed E-state index contributed by atoms with van der Waals surface area (Å²) in [5.41, 5.74) is 3.22. The van der Waals surface area contributed by atoms with Gasteiger partial charge in [-0.1, -0.05) is 6.92 Å². The number of rotatable bonds is 3. The van der Waals surface area contributed by atoms with Crippen LogP contribution in [0.25, 0.3) is 0 Å². The minimum Gasteiger partial charge on any atom is -0.370 e. The molecule has 1 aliphatic rings. The van der Waals surface area contributed by atoms with Gasteiger partial charge in [0.25, 0.3) is 0 Å². The molecule has 0 aromatic heterocycles. The maximum absolute atomic E-state index is 11.9. The van der Waals surface area contributed by atoms with Crippen LogP contribution in [0.15, 0.2) is 16.6 Å². The first-order chi connectivity index (χ1) is 8.65. The zero-order valence-electron chi connectivity index (χ0n) is 11.1. The van der Waals surface area contributed by atoms with E-state index in [9.17, 15) is 4.79 Å². The summed E-state index contributed by atoms with van der Waals surface area (Å²) in [6.07, 6.45) is 4.39. The average molecular weight is 310 g/mol. The second-order valence-electron chi connectivity index (χ2n) is 4.89. The molecule has 0 N–H and O–H groups in total. The minimum atomic E-state index is 0.234. The van der Waals surface area contributed by atoms with Gasteiger partial charge in [0.15, 0.2) is 5.78 Å². The van der Waals surface area contributed by atoms with E-state index in [1.165, 1.54) is 24.9 Å². The molecule has 0 aliphatic carbocycles. The van der Waals surface area contributed by atoms with E-state index in [-0.39, 0.29) is 5.78 Å². The number of ketones is 1. The van der Waals surface area contributed by atoms with Crippen molar-refractivity contribution < 1.29 is 4.79 Å². The smallest absolute Gasteiger partial charge is 0.162 e. The number of Topliss-reactive ketones (excluding diaryl/α,β-unsaturated/α-hetero) is 1. The number of benzene rings is 1. The van der Waals surface area contributed by atoms with Gasteiger partial charge in [0.05, 0.1) is 5.69 Å². The van der Waals surface area contributed by atoms with Crippen molar-refractivity contribution in [3.63, 3.8) is 0 Å². The van der Waals surface area contributed by atoms with Crippen LogP contribution in [-0.4, -0.2) is 18.9 Å². The zero-order valence-corrected chi connectivity index (χ0v) is 12.7. The fourth-order valence-electron chi connectivity index (χ4n) is 2.67. The first kappa shape index (κ1) is 13.6. The molecule has 1 fully saturated rings. The van der Waals surface area contributed by atoms with Crippen LogP contribution >= 0.6 is 15.9 Å². The Morgan fingerprint density at radius 2 is 1.94 bits per heavy atom. The standard InChI is InChI=1S/C15H20BrNO/c1-3-14(18)12-7-8-13(16)15(11(12)2)17-9-5-4-6-10-17/h7-8H,3-6,9-10H2,1-2H3. The topological polar surface area (TPSA) is 20.3 Å². The molecule has 0 atom stereocenters. The van der Waals surface area contributed by atoms with Crippen LogP contribution in [-0.2, 0) is 0 Å².